The van der Waals surface area contributed by atoms with E-state index in [9.17, 15) is 4.39 Å². The summed E-state index contributed by atoms with van der Waals surface area (Å²) in [6, 6.07) is 5.66. The Hall–Kier alpha value is -1.09. The van der Waals surface area contributed by atoms with Gasteiger partial charge in [0.2, 0.25) is 0 Å². The van der Waals surface area contributed by atoms with Gasteiger partial charge >= 0.3 is 0 Å². The lowest BCUT2D eigenvalue weighted by molar-refractivity contribution is 0.394. The van der Waals surface area contributed by atoms with Gasteiger partial charge in [-0.2, -0.15) is 0 Å². The normalized spacial score (nSPS) is 25.0. The molecule has 0 bridgehead atoms. The Morgan fingerprint density at radius 1 is 1.25 bits per heavy atom. The molecule has 1 fully saturated rings. The Morgan fingerprint density at radius 2 is 2.05 bits per heavy atom. The Kier molecular flexibility index (Phi) is 5.41. The highest BCUT2D eigenvalue weighted by molar-refractivity contribution is 5.30. The number of halogens is 1. The van der Waals surface area contributed by atoms with Gasteiger partial charge in [0.05, 0.1) is 7.11 Å². The smallest absolute Gasteiger partial charge is 0.131 e. The molecule has 112 valence electrons. The molecule has 2 nitrogen and oxygen atoms in total. The van der Waals surface area contributed by atoms with Crippen molar-refractivity contribution in [3.63, 3.8) is 0 Å². The molecule has 0 amide bonds. The lowest BCUT2D eigenvalue weighted by Gasteiger charge is -2.23. The highest BCUT2D eigenvalue weighted by Crippen LogP contribution is 2.26. The van der Waals surface area contributed by atoms with Crippen molar-refractivity contribution >= 4 is 0 Å². The molecule has 1 aromatic carbocycles. The second-order valence-electron chi connectivity index (χ2n) is 6.09. The summed E-state index contributed by atoms with van der Waals surface area (Å²) in [7, 11) is 1.56. The standard InChI is InChI=1S/C17H26FNO/c1-12-5-4-6-14(8-7-12)19-13(2)16-10-9-15(20-3)11-17(16)18/h9-14,19H,4-8H2,1-3H3. The highest BCUT2D eigenvalue weighted by Gasteiger charge is 2.19. The van der Waals surface area contributed by atoms with Gasteiger partial charge in [0, 0.05) is 23.7 Å². The van der Waals surface area contributed by atoms with Crippen LogP contribution in [0.15, 0.2) is 18.2 Å². The third-order valence-corrected chi connectivity index (χ3v) is 4.42. The quantitative estimate of drug-likeness (QED) is 0.822. The summed E-state index contributed by atoms with van der Waals surface area (Å²) in [4.78, 5) is 0. The van der Waals surface area contributed by atoms with E-state index in [0.29, 0.717) is 11.8 Å². The third kappa shape index (κ3) is 3.95. The Morgan fingerprint density at radius 3 is 2.75 bits per heavy atom. The van der Waals surface area contributed by atoms with Crippen molar-refractivity contribution in [2.24, 2.45) is 5.92 Å². The molecule has 0 aromatic heterocycles. The molecule has 0 aliphatic heterocycles. The minimum Gasteiger partial charge on any atom is -0.497 e. The number of ether oxygens (including phenoxy) is 1. The summed E-state index contributed by atoms with van der Waals surface area (Å²) in [5.74, 6) is 1.21. The highest BCUT2D eigenvalue weighted by atomic mass is 19.1. The molecule has 0 spiro atoms. The Labute approximate surface area is 121 Å². The first-order valence-electron chi connectivity index (χ1n) is 7.69. The van der Waals surface area contributed by atoms with Gasteiger partial charge in [-0.15, -0.1) is 0 Å². The van der Waals surface area contributed by atoms with Crippen LogP contribution in [0.25, 0.3) is 0 Å². The fraction of sp³-hybridized carbons (Fsp3) is 0.647. The van der Waals surface area contributed by atoms with Crippen LogP contribution in [0.2, 0.25) is 0 Å². The maximum absolute atomic E-state index is 14.1. The van der Waals surface area contributed by atoms with E-state index in [-0.39, 0.29) is 11.9 Å². The number of nitrogens with one attached hydrogen (secondary N) is 1. The van der Waals surface area contributed by atoms with E-state index in [1.807, 2.05) is 19.1 Å². The largest absolute Gasteiger partial charge is 0.497 e. The molecule has 1 N–H and O–H groups in total. The van der Waals surface area contributed by atoms with Crippen molar-refractivity contribution in [3.8, 4) is 5.75 Å². The predicted octanol–water partition coefficient (Wildman–Crippen LogP) is 4.45. The molecule has 1 saturated carbocycles. The number of methoxy groups -OCH3 is 1. The van der Waals surface area contributed by atoms with Gasteiger partial charge in [0.1, 0.15) is 11.6 Å². The first-order valence-corrected chi connectivity index (χ1v) is 7.69. The van der Waals surface area contributed by atoms with E-state index >= 15 is 0 Å². The zero-order valence-electron chi connectivity index (χ0n) is 12.8. The number of rotatable bonds is 4. The van der Waals surface area contributed by atoms with E-state index in [4.69, 9.17) is 4.74 Å². The van der Waals surface area contributed by atoms with Crippen LogP contribution in [0.1, 0.15) is 57.6 Å². The molecule has 3 unspecified atom stereocenters. The third-order valence-electron chi connectivity index (χ3n) is 4.42. The van der Waals surface area contributed by atoms with Gasteiger partial charge in [0.25, 0.3) is 0 Å². The maximum atomic E-state index is 14.1. The first-order chi connectivity index (χ1) is 9.60. The fourth-order valence-corrected chi connectivity index (χ4v) is 3.08. The molecular weight excluding hydrogens is 253 g/mol. The monoisotopic (exact) mass is 279 g/mol. The predicted molar refractivity (Wildman–Crippen MR) is 80.5 cm³/mol. The molecule has 1 aromatic rings. The summed E-state index contributed by atoms with van der Waals surface area (Å²) in [6.07, 6.45) is 6.27. The number of benzene rings is 1. The number of hydrogen-bond donors (Lipinski definition) is 1. The van der Waals surface area contributed by atoms with E-state index in [1.165, 1.54) is 38.2 Å². The van der Waals surface area contributed by atoms with Crippen molar-refractivity contribution < 1.29 is 9.13 Å². The second kappa shape index (κ2) is 7.07. The Bertz CT molecular complexity index is 435. The topological polar surface area (TPSA) is 21.3 Å². The van der Waals surface area contributed by atoms with Crippen LogP contribution in [0, 0.1) is 11.7 Å². The number of hydrogen-bond acceptors (Lipinski definition) is 2. The van der Waals surface area contributed by atoms with Crippen LogP contribution in [0.4, 0.5) is 4.39 Å². The summed E-state index contributed by atoms with van der Waals surface area (Å²) < 4.78 is 19.1. The lowest BCUT2D eigenvalue weighted by atomic mass is 10.0. The van der Waals surface area contributed by atoms with Gasteiger partial charge in [-0.25, -0.2) is 4.39 Å². The average Bonchev–Trinajstić information content (AvgIpc) is 2.63. The van der Waals surface area contributed by atoms with Crippen molar-refractivity contribution in [1.82, 2.24) is 5.32 Å². The first kappa shape index (κ1) is 15.3. The van der Waals surface area contributed by atoms with Crippen molar-refractivity contribution in [2.45, 2.75) is 58.0 Å². The van der Waals surface area contributed by atoms with E-state index in [1.54, 1.807) is 7.11 Å². The minimum absolute atomic E-state index is 0.0410. The summed E-state index contributed by atoms with van der Waals surface area (Å²) >= 11 is 0. The molecular formula is C17H26FNO. The zero-order valence-corrected chi connectivity index (χ0v) is 12.8. The molecule has 0 radical (unpaired) electrons. The van der Waals surface area contributed by atoms with Crippen molar-refractivity contribution in [1.29, 1.82) is 0 Å². The summed E-state index contributed by atoms with van der Waals surface area (Å²) in [5.41, 5.74) is 0.725. The van der Waals surface area contributed by atoms with Crippen molar-refractivity contribution in [2.75, 3.05) is 7.11 Å². The van der Waals surface area contributed by atoms with E-state index < -0.39 is 0 Å². The molecule has 1 aliphatic rings. The zero-order chi connectivity index (χ0) is 14.5. The second-order valence-corrected chi connectivity index (χ2v) is 6.09. The van der Waals surface area contributed by atoms with E-state index in [0.717, 1.165) is 11.5 Å². The van der Waals surface area contributed by atoms with Crippen LogP contribution >= 0.6 is 0 Å². The van der Waals surface area contributed by atoms with Gasteiger partial charge in [0.15, 0.2) is 0 Å². The molecule has 0 heterocycles. The average molecular weight is 279 g/mol. The molecule has 20 heavy (non-hydrogen) atoms. The van der Waals surface area contributed by atoms with Gasteiger partial charge < -0.3 is 10.1 Å². The Balaban J connectivity index is 1.98. The fourth-order valence-electron chi connectivity index (χ4n) is 3.08. The molecule has 3 heteroatoms. The van der Waals surface area contributed by atoms with Crippen LogP contribution in [0.5, 0.6) is 5.75 Å². The molecule has 2 rings (SSSR count). The van der Waals surface area contributed by atoms with E-state index in [2.05, 4.69) is 12.2 Å². The lowest BCUT2D eigenvalue weighted by Crippen LogP contribution is -2.31. The molecule has 1 aliphatic carbocycles. The SMILES string of the molecule is COc1ccc(C(C)NC2CCCC(C)CC2)c(F)c1. The van der Waals surface area contributed by atoms with Crippen LogP contribution < -0.4 is 10.1 Å². The van der Waals surface area contributed by atoms with Crippen LogP contribution in [-0.2, 0) is 0 Å². The summed E-state index contributed by atoms with van der Waals surface area (Å²) in [6.45, 7) is 4.37. The van der Waals surface area contributed by atoms with Crippen LogP contribution in [-0.4, -0.2) is 13.2 Å². The minimum atomic E-state index is -0.189. The van der Waals surface area contributed by atoms with Crippen LogP contribution in [0.3, 0.4) is 0 Å². The van der Waals surface area contributed by atoms with Crippen molar-refractivity contribution in [3.05, 3.63) is 29.6 Å². The molecule has 3 atom stereocenters. The van der Waals surface area contributed by atoms with Gasteiger partial charge in [-0.1, -0.05) is 25.8 Å². The maximum Gasteiger partial charge on any atom is 0.131 e. The van der Waals surface area contributed by atoms with Gasteiger partial charge in [-0.05, 0) is 38.2 Å². The molecule has 0 saturated heterocycles. The summed E-state index contributed by atoms with van der Waals surface area (Å²) in [5, 5.41) is 3.59. The van der Waals surface area contributed by atoms with Gasteiger partial charge in [-0.3, -0.25) is 0 Å².